The molecule has 106 valence electrons. The SMILES string of the molecule is Nc1ccncc1-c1cncn1-c1cc(F)c(Br)cc1F. The van der Waals surface area contributed by atoms with Crippen LogP contribution in [-0.4, -0.2) is 14.5 Å². The molecule has 0 aliphatic rings. The van der Waals surface area contributed by atoms with Crippen molar-refractivity contribution in [1.82, 2.24) is 14.5 Å². The number of imidazole rings is 1. The normalized spacial score (nSPS) is 10.8. The van der Waals surface area contributed by atoms with Crippen LogP contribution in [0.3, 0.4) is 0 Å². The standard InChI is InChI=1S/C14H9BrF2N4/c15-9-3-11(17)13(4-10(9)16)21-7-20-6-14(21)8-5-19-2-1-12(8)18/h1-7H,(H2,18,19). The summed E-state index contributed by atoms with van der Waals surface area (Å²) in [6.07, 6.45) is 6.02. The van der Waals surface area contributed by atoms with Gasteiger partial charge in [0.05, 0.1) is 28.4 Å². The van der Waals surface area contributed by atoms with Crippen molar-refractivity contribution in [2.24, 2.45) is 0 Å². The first-order chi connectivity index (χ1) is 10.1. The van der Waals surface area contributed by atoms with E-state index >= 15 is 0 Å². The third-order valence-electron chi connectivity index (χ3n) is 3.02. The lowest BCUT2D eigenvalue weighted by atomic mass is 10.1. The molecule has 2 aromatic heterocycles. The van der Waals surface area contributed by atoms with E-state index in [2.05, 4.69) is 25.9 Å². The maximum Gasteiger partial charge on any atom is 0.148 e. The second-order valence-electron chi connectivity index (χ2n) is 4.33. The predicted octanol–water partition coefficient (Wildman–Crippen LogP) is 3.56. The first kappa shape index (κ1) is 13.7. The Morgan fingerprint density at radius 2 is 1.90 bits per heavy atom. The van der Waals surface area contributed by atoms with Crippen LogP contribution in [0.2, 0.25) is 0 Å². The lowest BCUT2D eigenvalue weighted by molar-refractivity contribution is 0.587. The molecule has 0 amide bonds. The van der Waals surface area contributed by atoms with Crippen LogP contribution >= 0.6 is 15.9 Å². The first-order valence-electron chi connectivity index (χ1n) is 5.95. The number of aromatic nitrogens is 3. The van der Waals surface area contributed by atoms with Crippen molar-refractivity contribution >= 4 is 21.6 Å². The molecule has 0 unspecified atom stereocenters. The van der Waals surface area contributed by atoms with Crippen LogP contribution in [0.25, 0.3) is 16.9 Å². The van der Waals surface area contributed by atoms with E-state index in [1.54, 1.807) is 18.5 Å². The molecule has 0 aliphatic heterocycles. The van der Waals surface area contributed by atoms with Crippen molar-refractivity contribution in [3.8, 4) is 16.9 Å². The number of anilines is 1. The third kappa shape index (κ3) is 2.40. The fourth-order valence-electron chi connectivity index (χ4n) is 2.00. The summed E-state index contributed by atoms with van der Waals surface area (Å²) in [5, 5.41) is 0. The van der Waals surface area contributed by atoms with Crippen LogP contribution in [0.1, 0.15) is 0 Å². The number of hydrogen-bond donors (Lipinski definition) is 1. The molecule has 0 atom stereocenters. The molecule has 0 aliphatic carbocycles. The van der Waals surface area contributed by atoms with Crippen LogP contribution in [0, 0.1) is 11.6 Å². The minimum Gasteiger partial charge on any atom is -0.398 e. The van der Waals surface area contributed by atoms with Gasteiger partial charge in [0, 0.05) is 29.7 Å². The third-order valence-corrected chi connectivity index (χ3v) is 3.63. The number of nitrogens with two attached hydrogens (primary N) is 1. The highest BCUT2D eigenvalue weighted by Gasteiger charge is 2.15. The molecule has 0 spiro atoms. The smallest absolute Gasteiger partial charge is 0.148 e. The molecule has 3 rings (SSSR count). The number of hydrogen-bond acceptors (Lipinski definition) is 3. The zero-order valence-electron chi connectivity index (χ0n) is 10.6. The molecule has 0 saturated carbocycles. The fourth-order valence-corrected chi connectivity index (χ4v) is 2.32. The Hall–Kier alpha value is -2.28. The summed E-state index contributed by atoms with van der Waals surface area (Å²) in [5.41, 5.74) is 7.54. The van der Waals surface area contributed by atoms with Crippen LogP contribution in [0.5, 0.6) is 0 Å². The van der Waals surface area contributed by atoms with Gasteiger partial charge < -0.3 is 5.73 Å². The highest BCUT2D eigenvalue weighted by Crippen LogP contribution is 2.29. The lowest BCUT2D eigenvalue weighted by Crippen LogP contribution is -2.02. The zero-order chi connectivity index (χ0) is 15.0. The Balaban J connectivity index is 2.21. The van der Waals surface area contributed by atoms with Gasteiger partial charge >= 0.3 is 0 Å². The highest BCUT2D eigenvalue weighted by molar-refractivity contribution is 9.10. The summed E-state index contributed by atoms with van der Waals surface area (Å²) >= 11 is 2.95. The molecule has 4 nitrogen and oxygen atoms in total. The average Bonchev–Trinajstić information content (AvgIpc) is 2.92. The van der Waals surface area contributed by atoms with Crippen molar-refractivity contribution in [3.63, 3.8) is 0 Å². The quantitative estimate of drug-likeness (QED) is 0.719. The molecule has 0 fully saturated rings. The molecule has 2 heterocycles. The topological polar surface area (TPSA) is 56.7 Å². The summed E-state index contributed by atoms with van der Waals surface area (Å²) < 4.78 is 29.3. The number of benzene rings is 1. The van der Waals surface area contributed by atoms with Crippen LogP contribution < -0.4 is 5.73 Å². The number of pyridine rings is 1. The van der Waals surface area contributed by atoms with E-state index in [-0.39, 0.29) is 10.2 Å². The summed E-state index contributed by atoms with van der Waals surface area (Å²) in [6.45, 7) is 0. The van der Waals surface area contributed by atoms with Crippen molar-refractivity contribution in [1.29, 1.82) is 0 Å². The molecular weight excluding hydrogens is 342 g/mol. The Bertz CT molecular complexity index is 816. The van der Waals surface area contributed by atoms with E-state index in [9.17, 15) is 8.78 Å². The van der Waals surface area contributed by atoms with Gasteiger partial charge in [0.1, 0.15) is 11.6 Å². The minimum absolute atomic E-state index is 0.0476. The summed E-state index contributed by atoms with van der Waals surface area (Å²) in [6, 6.07) is 3.80. The molecule has 0 saturated heterocycles. The van der Waals surface area contributed by atoms with Gasteiger partial charge in [-0.1, -0.05) is 0 Å². The highest BCUT2D eigenvalue weighted by atomic mass is 79.9. The summed E-state index contributed by atoms with van der Waals surface area (Å²) in [4.78, 5) is 7.98. The van der Waals surface area contributed by atoms with Gasteiger partial charge in [-0.25, -0.2) is 13.8 Å². The molecular formula is C14H9BrF2N4. The largest absolute Gasteiger partial charge is 0.398 e. The van der Waals surface area contributed by atoms with E-state index in [0.29, 0.717) is 16.9 Å². The van der Waals surface area contributed by atoms with E-state index in [1.165, 1.54) is 17.1 Å². The number of rotatable bonds is 2. The Morgan fingerprint density at radius 3 is 2.67 bits per heavy atom. The van der Waals surface area contributed by atoms with Gasteiger partial charge in [-0.05, 0) is 28.1 Å². The number of nitrogen functional groups attached to an aromatic ring is 1. The zero-order valence-corrected chi connectivity index (χ0v) is 12.2. The van der Waals surface area contributed by atoms with Gasteiger partial charge in [-0.2, -0.15) is 0 Å². The second-order valence-corrected chi connectivity index (χ2v) is 5.18. The van der Waals surface area contributed by atoms with E-state index < -0.39 is 11.6 Å². The van der Waals surface area contributed by atoms with E-state index in [4.69, 9.17) is 5.73 Å². The molecule has 2 N–H and O–H groups in total. The maximum atomic E-state index is 14.1. The fraction of sp³-hybridized carbons (Fsp3) is 0. The molecule has 0 radical (unpaired) electrons. The van der Waals surface area contributed by atoms with E-state index in [0.717, 1.165) is 12.1 Å². The minimum atomic E-state index is -0.579. The maximum absolute atomic E-state index is 14.1. The van der Waals surface area contributed by atoms with Crippen LogP contribution in [0.15, 0.2) is 47.6 Å². The van der Waals surface area contributed by atoms with Crippen molar-refractivity contribution in [2.45, 2.75) is 0 Å². The van der Waals surface area contributed by atoms with Crippen LogP contribution in [-0.2, 0) is 0 Å². The second kappa shape index (κ2) is 5.25. The molecule has 1 aromatic carbocycles. The predicted molar refractivity (Wildman–Crippen MR) is 78.8 cm³/mol. The Labute approximate surface area is 127 Å². The lowest BCUT2D eigenvalue weighted by Gasteiger charge is -2.11. The van der Waals surface area contributed by atoms with Crippen LogP contribution in [0.4, 0.5) is 14.5 Å². The Kier molecular flexibility index (Phi) is 3.42. The van der Waals surface area contributed by atoms with Gasteiger partial charge in [-0.15, -0.1) is 0 Å². The number of halogens is 3. The summed E-state index contributed by atoms with van der Waals surface area (Å²) in [5.74, 6) is -1.14. The van der Waals surface area contributed by atoms with Gasteiger partial charge in [0.15, 0.2) is 0 Å². The van der Waals surface area contributed by atoms with Crippen molar-refractivity contribution in [3.05, 3.63) is 59.2 Å². The Morgan fingerprint density at radius 1 is 1.10 bits per heavy atom. The van der Waals surface area contributed by atoms with E-state index in [1.807, 2.05) is 0 Å². The molecule has 3 aromatic rings. The van der Waals surface area contributed by atoms with Gasteiger partial charge in [0.25, 0.3) is 0 Å². The van der Waals surface area contributed by atoms with Crippen molar-refractivity contribution < 1.29 is 8.78 Å². The molecule has 21 heavy (non-hydrogen) atoms. The summed E-state index contributed by atoms with van der Waals surface area (Å²) in [7, 11) is 0. The monoisotopic (exact) mass is 350 g/mol. The molecule has 7 heteroatoms. The molecule has 0 bridgehead atoms. The number of nitrogens with zero attached hydrogens (tertiary/aromatic N) is 3. The first-order valence-corrected chi connectivity index (χ1v) is 6.74. The average molecular weight is 351 g/mol. The van der Waals surface area contributed by atoms with Crippen molar-refractivity contribution in [2.75, 3.05) is 5.73 Å². The van der Waals surface area contributed by atoms with Gasteiger partial charge in [-0.3, -0.25) is 9.55 Å². The van der Waals surface area contributed by atoms with Gasteiger partial charge in [0.2, 0.25) is 0 Å².